The zero-order valence-electron chi connectivity index (χ0n) is 66.5. The van der Waals surface area contributed by atoms with Crippen LogP contribution in [-0.2, 0) is 65.4 Å². The number of ether oxygens (including phenoxy) is 4. The largest absolute Gasteiger partial charge is 0.472 e. The van der Waals surface area contributed by atoms with E-state index in [-0.39, 0.29) is 25.7 Å². The number of esters is 4. The number of phosphoric acid groups is 2. The van der Waals surface area contributed by atoms with Crippen LogP contribution in [0.25, 0.3) is 0 Å². The Morgan fingerprint density at radius 2 is 0.475 bits per heavy atom. The van der Waals surface area contributed by atoms with E-state index in [4.69, 9.17) is 37.0 Å². The average Bonchev–Trinajstić information content (AvgIpc) is 0.917. The Kier molecular flexibility index (Phi) is 69.6. The molecule has 3 N–H and O–H groups in total. The van der Waals surface area contributed by atoms with Gasteiger partial charge in [-0.3, -0.25) is 37.3 Å². The van der Waals surface area contributed by atoms with Gasteiger partial charge in [0.05, 0.1) is 26.4 Å². The minimum Gasteiger partial charge on any atom is -0.462 e. The second-order valence-corrected chi connectivity index (χ2v) is 34.1. The Morgan fingerprint density at radius 1 is 0.277 bits per heavy atom. The maximum absolute atomic E-state index is 13.1. The smallest absolute Gasteiger partial charge is 0.462 e. The molecule has 0 aliphatic heterocycles. The van der Waals surface area contributed by atoms with E-state index >= 15 is 0 Å². The third-order valence-corrected chi connectivity index (χ3v) is 21.3. The highest BCUT2D eigenvalue weighted by atomic mass is 31.2. The molecule has 0 amide bonds. The minimum absolute atomic E-state index is 0.106. The summed E-state index contributed by atoms with van der Waals surface area (Å²) in [5.74, 6) is 0.994. The molecule has 0 aromatic heterocycles. The van der Waals surface area contributed by atoms with Gasteiger partial charge >= 0.3 is 39.5 Å². The molecule has 17 nitrogen and oxygen atoms in total. The molecule has 0 aliphatic carbocycles. The molecule has 0 aromatic carbocycles. The fourth-order valence-corrected chi connectivity index (χ4v) is 14.2. The lowest BCUT2D eigenvalue weighted by molar-refractivity contribution is -0.161. The van der Waals surface area contributed by atoms with E-state index in [9.17, 15) is 43.2 Å². The van der Waals surface area contributed by atoms with Gasteiger partial charge in [-0.2, -0.15) is 0 Å². The number of carbonyl (C=O) groups excluding carboxylic acids is 4. The van der Waals surface area contributed by atoms with Crippen LogP contribution in [-0.4, -0.2) is 96.7 Å². The molecule has 0 fully saturated rings. The molecule has 6 atom stereocenters. The summed E-state index contributed by atoms with van der Waals surface area (Å²) >= 11 is 0. The Hall–Kier alpha value is -1.94. The zero-order chi connectivity index (χ0) is 74.6. The number of unbranched alkanes of at least 4 members (excludes halogenated alkanes) is 44. The third-order valence-electron chi connectivity index (χ3n) is 19.4. The van der Waals surface area contributed by atoms with Gasteiger partial charge in [0.15, 0.2) is 12.2 Å². The number of aliphatic hydroxyl groups excluding tert-OH is 1. The molecule has 19 heteroatoms. The van der Waals surface area contributed by atoms with E-state index in [1.54, 1.807) is 0 Å². The van der Waals surface area contributed by atoms with E-state index in [0.29, 0.717) is 31.6 Å². The van der Waals surface area contributed by atoms with E-state index in [0.717, 1.165) is 114 Å². The maximum atomic E-state index is 13.1. The van der Waals surface area contributed by atoms with Gasteiger partial charge in [0.2, 0.25) is 0 Å². The summed E-state index contributed by atoms with van der Waals surface area (Å²) in [6.07, 6.45) is 58.4. The van der Waals surface area contributed by atoms with Crippen molar-refractivity contribution in [3.05, 3.63) is 0 Å². The molecule has 0 heterocycles. The molecule has 0 saturated heterocycles. The predicted octanol–water partition coefficient (Wildman–Crippen LogP) is 24.4. The number of phosphoric ester groups is 2. The Labute approximate surface area is 619 Å². The summed E-state index contributed by atoms with van der Waals surface area (Å²) in [5, 5.41) is 10.6. The van der Waals surface area contributed by atoms with Gasteiger partial charge in [0, 0.05) is 25.7 Å². The SMILES string of the molecule is CCC(C)CCCCCCCCCCCCCCCCCCCCC(=O)O[C@H](COC(=O)CCCCCCCCCCCCCCC(C)C)COP(=O)(O)OC[C@@H](O)COP(=O)(O)OC[C@@H](COC(=O)CCCCCCCCC(C)C)OC(=O)CCCCCCCCCCCCCCC(C)C. The van der Waals surface area contributed by atoms with Crippen molar-refractivity contribution in [1.29, 1.82) is 0 Å². The Morgan fingerprint density at radius 3 is 0.703 bits per heavy atom. The number of rotatable bonds is 79. The van der Waals surface area contributed by atoms with Crippen molar-refractivity contribution < 1.29 is 80.2 Å². The van der Waals surface area contributed by atoms with Gasteiger partial charge in [-0.05, 0) is 49.4 Å². The molecular formula is C82H160O17P2. The maximum Gasteiger partial charge on any atom is 0.472 e. The normalized spacial score (nSPS) is 14.3. The van der Waals surface area contributed by atoms with Crippen LogP contribution < -0.4 is 0 Å². The molecule has 0 bridgehead atoms. The first-order chi connectivity index (χ1) is 48.6. The first-order valence-electron chi connectivity index (χ1n) is 42.2. The minimum atomic E-state index is -4.96. The lowest BCUT2D eigenvalue weighted by Crippen LogP contribution is -2.30. The van der Waals surface area contributed by atoms with E-state index < -0.39 is 97.5 Å². The van der Waals surface area contributed by atoms with Crippen molar-refractivity contribution in [2.75, 3.05) is 39.6 Å². The Bertz CT molecular complexity index is 1970. The number of hydrogen-bond donors (Lipinski definition) is 3. The molecule has 0 spiro atoms. The monoisotopic (exact) mass is 1480 g/mol. The summed E-state index contributed by atoms with van der Waals surface area (Å²) in [5.41, 5.74) is 0. The van der Waals surface area contributed by atoms with Crippen molar-refractivity contribution in [3.8, 4) is 0 Å². The van der Waals surface area contributed by atoms with Gasteiger partial charge in [-0.25, -0.2) is 9.13 Å². The highest BCUT2D eigenvalue weighted by Gasteiger charge is 2.30. The lowest BCUT2D eigenvalue weighted by Gasteiger charge is -2.21. The molecule has 0 radical (unpaired) electrons. The van der Waals surface area contributed by atoms with Crippen LogP contribution in [0.15, 0.2) is 0 Å². The van der Waals surface area contributed by atoms with Crippen LogP contribution in [0.1, 0.15) is 421 Å². The summed E-state index contributed by atoms with van der Waals surface area (Å²) < 4.78 is 68.7. The van der Waals surface area contributed by atoms with Crippen molar-refractivity contribution in [2.45, 2.75) is 440 Å². The quantitative estimate of drug-likeness (QED) is 0.0222. The summed E-state index contributed by atoms with van der Waals surface area (Å²) in [4.78, 5) is 73.0. The van der Waals surface area contributed by atoms with E-state index in [1.807, 2.05) is 0 Å². The van der Waals surface area contributed by atoms with Crippen LogP contribution in [0.2, 0.25) is 0 Å². The first-order valence-corrected chi connectivity index (χ1v) is 45.2. The molecule has 600 valence electrons. The van der Waals surface area contributed by atoms with Crippen molar-refractivity contribution in [2.24, 2.45) is 23.7 Å². The highest BCUT2D eigenvalue weighted by molar-refractivity contribution is 7.47. The number of carbonyl (C=O) groups is 4. The van der Waals surface area contributed by atoms with Crippen molar-refractivity contribution >= 4 is 39.5 Å². The highest BCUT2D eigenvalue weighted by Crippen LogP contribution is 2.45. The third kappa shape index (κ3) is 74.7. The molecular weight excluding hydrogens is 1320 g/mol. The van der Waals surface area contributed by atoms with Gasteiger partial charge < -0.3 is 33.8 Å². The summed E-state index contributed by atoms with van der Waals surface area (Å²) in [7, 11) is -9.92. The van der Waals surface area contributed by atoms with Crippen LogP contribution in [0.3, 0.4) is 0 Å². The van der Waals surface area contributed by atoms with Gasteiger partial charge in [-0.1, -0.05) is 370 Å². The first kappa shape index (κ1) is 99.1. The topological polar surface area (TPSA) is 237 Å². The van der Waals surface area contributed by atoms with Crippen LogP contribution in [0.4, 0.5) is 0 Å². The van der Waals surface area contributed by atoms with Crippen LogP contribution in [0.5, 0.6) is 0 Å². The molecule has 0 aliphatic rings. The summed E-state index contributed by atoms with van der Waals surface area (Å²) in [6, 6.07) is 0. The van der Waals surface area contributed by atoms with Crippen molar-refractivity contribution in [1.82, 2.24) is 0 Å². The average molecular weight is 1480 g/mol. The fourth-order valence-electron chi connectivity index (χ4n) is 12.6. The second kappa shape index (κ2) is 71.0. The standard InChI is InChI=1S/C82H160O17P2/c1-9-75(8)61-53-45-36-30-24-16-14-12-10-11-13-15-17-26-32-38-48-56-64-81(86)98-77(68-92-79(84)62-54-46-37-31-25-20-18-22-28-34-42-50-58-72(2)3)70-96-100(88,89)94-66-76(83)67-95-101(90,91)97-71-78(69-93-80(85)63-55-47-41-40-44-52-60-74(6)7)99-82(87)65-57-49-39-33-27-21-19-23-29-35-43-51-59-73(4)5/h72-78,83H,9-71H2,1-8H3,(H,88,89)(H,90,91)/t75?,76-,77-,78-/m1/s1. The van der Waals surface area contributed by atoms with Crippen molar-refractivity contribution in [3.63, 3.8) is 0 Å². The second-order valence-electron chi connectivity index (χ2n) is 31.2. The molecule has 3 unspecified atom stereocenters. The molecule has 0 saturated carbocycles. The van der Waals surface area contributed by atoms with Gasteiger partial charge in [0.1, 0.15) is 19.3 Å². The molecule has 101 heavy (non-hydrogen) atoms. The van der Waals surface area contributed by atoms with E-state index in [2.05, 4.69) is 55.4 Å². The molecule has 0 aromatic rings. The van der Waals surface area contributed by atoms with E-state index in [1.165, 1.54) is 218 Å². The fraction of sp³-hybridized carbons (Fsp3) is 0.951. The number of aliphatic hydroxyl groups is 1. The van der Waals surface area contributed by atoms with Crippen LogP contribution in [0, 0.1) is 23.7 Å². The van der Waals surface area contributed by atoms with Crippen LogP contribution >= 0.6 is 15.6 Å². The summed E-state index contributed by atoms with van der Waals surface area (Å²) in [6.45, 7) is 14.3. The Balaban J connectivity index is 5.21. The predicted molar refractivity (Wildman–Crippen MR) is 414 cm³/mol. The lowest BCUT2D eigenvalue weighted by atomic mass is 9.99. The zero-order valence-corrected chi connectivity index (χ0v) is 68.3. The van der Waals surface area contributed by atoms with Gasteiger partial charge in [0.25, 0.3) is 0 Å². The molecule has 0 rings (SSSR count). The number of hydrogen-bond acceptors (Lipinski definition) is 15. The van der Waals surface area contributed by atoms with Gasteiger partial charge in [-0.15, -0.1) is 0 Å².